The average Bonchev–Trinajstić information content (AvgIpc) is 1.88. The molecule has 1 saturated heterocycles. The summed E-state index contributed by atoms with van der Waals surface area (Å²) in [6.45, 7) is 9.59. The van der Waals surface area contributed by atoms with Crippen LogP contribution in [0.25, 0.3) is 0 Å². The Morgan fingerprint density at radius 1 is 1.50 bits per heavy atom. The van der Waals surface area contributed by atoms with Crippen LogP contribution in [0.5, 0.6) is 0 Å². The van der Waals surface area contributed by atoms with Gasteiger partial charge >= 0.3 is 0 Å². The highest BCUT2D eigenvalue weighted by Crippen LogP contribution is 2.09. The van der Waals surface area contributed by atoms with Gasteiger partial charge in [0.1, 0.15) is 0 Å². The van der Waals surface area contributed by atoms with E-state index in [1.165, 1.54) is 30.2 Å². The number of nitrogens with zero attached hydrogens (tertiary/aromatic N) is 1. The summed E-state index contributed by atoms with van der Waals surface area (Å²) in [4.78, 5) is 2.47. The molecule has 0 amide bonds. The highest BCUT2D eigenvalue weighted by molar-refractivity contribution is 7.99. The smallest absolute Gasteiger partial charge is 0.0188 e. The summed E-state index contributed by atoms with van der Waals surface area (Å²) in [6, 6.07) is 0. The molecule has 0 spiro atoms. The maximum atomic E-state index is 3.90. The fourth-order valence-electron chi connectivity index (χ4n) is 1.14. The van der Waals surface area contributed by atoms with Crippen molar-refractivity contribution >= 4 is 11.8 Å². The molecule has 0 N–H and O–H groups in total. The lowest BCUT2D eigenvalue weighted by atomic mass is 10.3. The molecule has 2 heteroatoms. The summed E-state index contributed by atoms with van der Waals surface area (Å²) in [5.74, 6) is 2.60. The first kappa shape index (κ1) is 8.15. The quantitative estimate of drug-likeness (QED) is 0.560. The Morgan fingerprint density at radius 2 is 2.10 bits per heavy atom. The van der Waals surface area contributed by atoms with Crippen molar-refractivity contribution in [1.82, 2.24) is 4.90 Å². The minimum Gasteiger partial charge on any atom is -0.298 e. The summed E-state index contributed by atoms with van der Waals surface area (Å²) in [5.41, 5.74) is 1.28. The molecule has 0 unspecified atom stereocenters. The van der Waals surface area contributed by atoms with Gasteiger partial charge in [-0.1, -0.05) is 12.2 Å². The second kappa shape index (κ2) is 4.04. The molecule has 0 aromatic heterocycles. The van der Waals surface area contributed by atoms with Gasteiger partial charge in [-0.25, -0.2) is 0 Å². The third-order valence-corrected chi connectivity index (χ3v) is 2.54. The van der Waals surface area contributed by atoms with Gasteiger partial charge in [-0.05, 0) is 6.92 Å². The lowest BCUT2D eigenvalue weighted by Crippen LogP contribution is -2.33. The Hall–Kier alpha value is 0.0500. The molecule has 1 aliphatic heterocycles. The standard InChI is InChI=1S/C8H15NS/c1-8(2)7-9-3-5-10-6-4-9/h1,3-7H2,2H3. The van der Waals surface area contributed by atoms with Crippen molar-refractivity contribution in [3.05, 3.63) is 12.2 Å². The zero-order valence-electron chi connectivity index (χ0n) is 6.60. The highest BCUT2D eigenvalue weighted by Gasteiger charge is 2.08. The van der Waals surface area contributed by atoms with Crippen LogP contribution in [0.3, 0.4) is 0 Å². The minimum absolute atomic E-state index is 1.10. The Bertz CT molecular complexity index is 116. The zero-order valence-corrected chi connectivity index (χ0v) is 7.41. The largest absolute Gasteiger partial charge is 0.298 e. The van der Waals surface area contributed by atoms with E-state index in [2.05, 4.69) is 30.2 Å². The highest BCUT2D eigenvalue weighted by atomic mass is 32.2. The average molecular weight is 157 g/mol. The molecule has 1 rings (SSSR count). The molecule has 0 atom stereocenters. The second-order valence-corrected chi connectivity index (χ2v) is 4.07. The van der Waals surface area contributed by atoms with Gasteiger partial charge < -0.3 is 0 Å². The molecule has 1 aliphatic rings. The van der Waals surface area contributed by atoms with E-state index in [0.29, 0.717) is 0 Å². The van der Waals surface area contributed by atoms with Crippen LogP contribution in [-0.4, -0.2) is 36.0 Å². The van der Waals surface area contributed by atoms with Crippen LogP contribution in [0.2, 0.25) is 0 Å². The third-order valence-electron chi connectivity index (χ3n) is 1.60. The fraction of sp³-hybridized carbons (Fsp3) is 0.750. The summed E-state index contributed by atoms with van der Waals surface area (Å²) >= 11 is 2.05. The van der Waals surface area contributed by atoms with E-state index in [1.807, 2.05) is 0 Å². The van der Waals surface area contributed by atoms with Crippen molar-refractivity contribution in [3.8, 4) is 0 Å². The molecule has 1 fully saturated rings. The van der Waals surface area contributed by atoms with Crippen LogP contribution in [0.4, 0.5) is 0 Å². The molecule has 0 radical (unpaired) electrons. The first-order valence-corrected chi connectivity index (χ1v) is 4.89. The van der Waals surface area contributed by atoms with Gasteiger partial charge in [0.05, 0.1) is 0 Å². The Kier molecular flexibility index (Phi) is 3.29. The Morgan fingerprint density at radius 3 is 2.60 bits per heavy atom. The molecule has 0 bridgehead atoms. The zero-order chi connectivity index (χ0) is 7.40. The molecular weight excluding hydrogens is 142 g/mol. The van der Waals surface area contributed by atoms with Crippen LogP contribution in [0.15, 0.2) is 12.2 Å². The van der Waals surface area contributed by atoms with E-state index in [0.717, 1.165) is 6.54 Å². The van der Waals surface area contributed by atoms with Gasteiger partial charge in [0.15, 0.2) is 0 Å². The van der Waals surface area contributed by atoms with E-state index in [9.17, 15) is 0 Å². The van der Waals surface area contributed by atoms with Crippen molar-refractivity contribution in [2.75, 3.05) is 31.1 Å². The van der Waals surface area contributed by atoms with Crippen molar-refractivity contribution in [1.29, 1.82) is 0 Å². The van der Waals surface area contributed by atoms with E-state index in [4.69, 9.17) is 0 Å². The molecule has 58 valence electrons. The van der Waals surface area contributed by atoms with Gasteiger partial charge in [0.2, 0.25) is 0 Å². The topological polar surface area (TPSA) is 3.24 Å². The van der Waals surface area contributed by atoms with Crippen LogP contribution in [0.1, 0.15) is 6.92 Å². The molecule has 1 heterocycles. The first-order chi connectivity index (χ1) is 4.79. The van der Waals surface area contributed by atoms with Gasteiger partial charge in [-0.15, -0.1) is 0 Å². The molecule has 0 aliphatic carbocycles. The van der Waals surface area contributed by atoms with Crippen molar-refractivity contribution < 1.29 is 0 Å². The van der Waals surface area contributed by atoms with Gasteiger partial charge in [0.25, 0.3) is 0 Å². The van der Waals surface area contributed by atoms with Crippen molar-refractivity contribution in [2.45, 2.75) is 6.92 Å². The monoisotopic (exact) mass is 157 g/mol. The van der Waals surface area contributed by atoms with Crippen molar-refractivity contribution in [2.24, 2.45) is 0 Å². The predicted molar refractivity (Wildman–Crippen MR) is 48.6 cm³/mol. The number of rotatable bonds is 2. The third kappa shape index (κ3) is 2.76. The van der Waals surface area contributed by atoms with E-state index >= 15 is 0 Å². The maximum absolute atomic E-state index is 3.90. The van der Waals surface area contributed by atoms with Gasteiger partial charge in [-0.2, -0.15) is 11.8 Å². The van der Waals surface area contributed by atoms with E-state index in [1.54, 1.807) is 0 Å². The Balaban J connectivity index is 2.19. The minimum atomic E-state index is 1.10. The van der Waals surface area contributed by atoms with Crippen LogP contribution < -0.4 is 0 Å². The second-order valence-electron chi connectivity index (χ2n) is 2.85. The lowest BCUT2D eigenvalue weighted by Gasteiger charge is -2.25. The number of hydrogen-bond donors (Lipinski definition) is 0. The summed E-state index contributed by atoms with van der Waals surface area (Å²) in [6.07, 6.45) is 0. The maximum Gasteiger partial charge on any atom is 0.0188 e. The predicted octanol–water partition coefficient (Wildman–Crippen LogP) is 1.61. The van der Waals surface area contributed by atoms with E-state index < -0.39 is 0 Å². The Labute approximate surface area is 67.5 Å². The first-order valence-electron chi connectivity index (χ1n) is 3.73. The molecule has 10 heavy (non-hydrogen) atoms. The lowest BCUT2D eigenvalue weighted by molar-refractivity contribution is 0.329. The summed E-state index contributed by atoms with van der Waals surface area (Å²) in [5, 5.41) is 0. The summed E-state index contributed by atoms with van der Waals surface area (Å²) in [7, 11) is 0. The van der Waals surface area contributed by atoms with Gasteiger partial charge in [0, 0.05) is 31.1 Å². The normalized spacial score (nSPS) is 20.9. The van der Waals surface area contributed by atoms with Crippen molar-refractivity contribution in [3.63, 3.8) is 0 Å². The number of hydrogen-bond acceptors (Lipinski definition) is 2. The fourth-order valence-corrected chi connectivity index (χ4v) is 2.12. The van der Waals surface area contributed by atoms with Crippen LogP contribution >= 0.6 is 11.8 Å². The molecule has 0 aromatic rings. The molecular formula is C8H15NS. The van der Waals surface area contributed by atoms with E-state index in [-0.39, 0.29) is 0 Å². The van der Waals surface area contributed by atoms with Crippen LogP contribution in [-0.2, 0) is 0 Å². The van der Waals surface area contributed by atoms with Gasteiger partial charge in [-0.3, -0.25) is 4.90 Å². The SMILES string of the molecule is C=C(C)CN1CCSCC1. The molecule has 1 nitrogen and oxygen atoms in total. The molecule has 0 aromatic carbocycles. The van der Waals surface area contributed by atoms with Crippen LogP contribution in [0, 0.1) is 0 Å². The molecule has 0 saturated carbocycles. The number of thioether (sulfide) groups is 1. The summed E-state index contributed by atoms with van der Waals surface area (Å²) < 4.78 is 0.